The Bertz CT molecular complexity index is 1240. The molecule has 174 valence electrons. The van der Waals surface area contributed by atoms with Crippen LogP contribution >= 0.6 is 23.2 Å². The summed E-state index contributed by atoms with van der Waals surface area (Å²) in [4.78, 5) is 2.50. The van der Waals surface area contributed by atoms with Gasteiger partial charge >= 0.3 is 0 Å². The highest BCUT2D eigenvalue weighted by molar-refractivity contribution is 6.42. The van der Waals surface area contributed by atoms with E-state index in [2.05, 4.69) is 45.5 Å². The summed E-state index contributed by atoms with van der Waals surface area (Å²) < 4.78 is 8.14. The number of aromatic nitrogens is 3. The van der Waals surface area contributed by atoms with E-state index in [1.54, 1.807) is 6.07 Å². The lowest BCUT2D eigenvalue weighted by molar-refractivity contribution is 0.162. The molecule has 0 radical (unpaired) electrons. The third-order valence-corrected chi connectivity index (χ3v) is 6.89. The average molecular weight is 493 g/mol. The predicted octanol–water partition coefficient (Wildman–Crippen LogP) is 6.67. The van der Waals surface area contributed by atoms with Crippen LogP contribution in [0.15, 0.2) is 79.0 Å². The largest absolute Gasteiger partial charge is 0.488 e. The van der Waals surface area contributed by atoms with Gasteiger partial charge in [-0.2, -0.15) is 0 Å². The number of hydrogen-bond acceptors (Lipinski definition) is 4. The molecular weight excluding hydrogens is 467 g/mol. The summed E-state index contributed by atoms with van der Waals surface area (Å²) in [6.07, 6.45) is 4.29. The van der Waals surface area contributed by atoms with Crippen LogP contribution in [0.5, 0.6) is 5.75 Å². The Kier molecular flexibility index (Phi) is 7.14. The smallest absolute Gasteiger partial charge is 0.129 e. The van der Waals surface area contributed by atoms with Gasteiger partial charge in [-0.25, -0.2) is 4.68 Å². The fourth-order valence-electron chi connectivity index (χ4n) is 4.41. The number of halogens is 2. The van der Waals surface area contributed by atoms with Gasteiger partial charge in [0.1, 0.15) is 18.1 Å². The molecule has 0 saturated carbocycles. The van der Waals surface area contributed by atoms with Crippen molar-refractivity contribution in [2.45, 2.75) is 32.0 Å². The zero-order valence-corrected chi connectivity index (χ0v) is 20.3. The van der Waals surface area contributed by atoms with Gasteiger partial charge in [-0.15, -0.1) is 5.10 Å². The van der Waals surface area contributed by atoms with Crippen LogP contribution in [0.1, 0.15) is 30.0 Å². The van der Waals surface area contributed by atoms with Crippen molar-refractivity contribution in [2.75, 3.05) is 13.1 Å². The SMILES string of the molecule is Clc1ccc(COc2ccccc2-c2cn(C3CCCN(Cc4ccccc4)C3)nn2)cc1Cl. The van der Waals surface area contributed by atoms with Gasteiger partial charge in [0.05, 0.1) is 22.3 Å². The van der Waals surface area contributed by atoms with Gasteiger partial charge in [-0.1, -0.05) is 76.9 Å². The minimum atomic E-state index is 0.308. The molecule has 1 aromatic heterocycles. The van der Waals surface area contributed by atoms with Gasteiger partial charge in [0.25, 0.3) is 0 Å². The maximum Gasteiger partial charge on any atom is 0.129 e. The Balaban J connectivity index is 1.28. The second-order valence-electron chi connectivity index (χ2n) is 8.63. The topological polar surface area (TPSA) is 43.2 Å². The second kappa shape index (κ2) is 10.6. The highest BCUT2D eigenvalue weighted by atomic mass is 35.5. The number of nitrogens with zero attached hydrogens (tertiary/aromatic N) is 4. The van der Waals surface area contributed by atoms with Crippen LogP contribution in [0.3, 0.4) is 0 Å². The lowest BCUT2D eigenvalue weighted by atomic mass is 10.0. The van der Waals surface area contributed by atoms with Crippen LogP contribution in [0.4, 0.5) is 0 Å². The van der Waals surface area contributed by atoms with E-state index in [0.29, 0.717) is 22.7 Å². The summed E-state index contributed by atoms with van der Waals surface area (Å²) in [6, 6.07) is 24.4. The van der Waals surface area contributed by atoms with E-state index in [1.807, 2.05) is 47.3 Å². The fraction of sp³-hybridized carbons (Fsp3) is 0.259. The Morgan fingerprint density at radius 3 is 2.59 bits per heavy atom. The molecule has 1 atom stereocenters. The molecule has 1 unspecified atom stereocenters. The number of ether oxygens (including phenoxy) is 1. The minimum Gasteiger partial charge on any atom is -0.488 e. The molecule has 1 saturated heterocycles. The Hall–Kier alpha value is -2.86. The van der Waals surface area contributed by atoms with Crippen molar-refractivity contribution in [3.8, 4) is 17.0 Å². The van der Waals surface area contributed by atoms with Crippen LogP contribution < -0.4 is 4.74 Å². The quantitative estimate of drug-likeness (QED) is 0.289. The molecule has 0 bridgehead atoms. The Morgan fingerprint density at radius 1 is 0.912 bits per heavy atom. The Labute approximate surface area is 209 Å². The van der Waals surface area contributed by atoms with E-state index in [0.717, 1.165) is 55.0 Å². The lowest BCUT2D eigenvalue weighted by Crippen LogP contribution is -2.36. The minimum absolute atomic E-state index is 0.308. The molecule has 1 aliphatic rings. The first-order chi connectivity index (χ1) is 16.7. The molecule has 1 fully saturated rings. The summed E-state index contributed by atoms with van der Waals surface area (Å²) in [6.45, 7) is 3.43. The molecule has 3 aromatic carbocycles. The third kappa shape index (κ3) is 5.44. The van der Waals surface area contributed by atoms with Crippen LogP contribution in [0.2, 0.25) is 10.0 Å². The number of likely N-dealkylation sites (tertiary alicyclic amines) is 1. The van der Waals surface area contributed by atoms with Gasteiger partial charge in [-0.05, 0) is 54.8 Å². The number of rotatable bonds is 7. The van der Waals surface area contributed by atoms with Gasteiger partial charge in [0.15, 0.2) is 0 Å². The van der Waals surface area contributed by atoms with Crippen molar-refractivity contribution in [3.05, 3.63) is 100 Å². The maximum atomic E-state index is 6.14. The molecule has 2 heterocycles. The molecule has 34 heavy (non-hydrogen) atoms. The standard InChI is InChI=1S/C27H26Cl2N4O/c28-24-13-12-21(15-25(24)29)19-34-27-11-5-4-10-23(27)26-18-33(31-30-26)22-9-6-14-32(17-22)16-20-7-2-1-3-8-20/h1-5,7-8,10-13,15,18,22H,6,9,14,16-17,19H2. The fourth-order valence-corrected chi connectivity index (χ4v) is 4.73. The summed E-state index contributed by atoms with van der Waals surface area (Å²) in [5.74, 6) is 0.759. The van der Waals surface area contributed by atoms with Crippen molar-refractivity contribution in [3.63, 3.8) is 0 Å². The zero-order valence-electron chi connectivity index (χ0n) is 18.8. The monoisotopic (exact) mass is 492 g/mol. The molecule has 0 aliphatic carbocycles. The second-order valence-corrected chi connectivity index (χ2v) is 9.45. The highest BCUT2D eigenvalue weighted by Crippen LogP contribution is 2.31. The number of benzene rings is 3. The van der Waals surface area contributed by atoms with Crippen molar-refractivity contribution in [1.29, 1.82) is 0 Å². The molecule has 5 nitrogen and oxygen atoms in total. The molecule has 0 N–H and O–H groups in total. The van der Waals surface area contributed by atoms with Gasteiger partial charge in [0, 0.05) is 18.7 Å². The van der Waals surface area contributed by atoms with E-state index in [4.69, 9.17) is 27.9 Å². The van der Waals surface area contributed by atoms with E-state index in [-0.39, 0.29) is 0 Å². The molecule has 5 rings (SSSR count). The first-order valence-electron chi connectivity index (χ1n) is 11.5. The first kappa shape index (κ1) is 22.9. The summed E-state index contributed by atoms with van der Waals surface area (Å²) >= 11 is 12.2. The lowest BCUT2D eigenvalue weighted by Gasteiger charge is -2.32. The Morgan fingerprint density at radius 2 is 1.74 bits per heavy atom. The predicted molar refractivity (Wildman–Crippen MR) is 136 cm³/mol. The van der Waals surface area contributed by atoms with Crippen molar-refractivity contribution < 1.29 is 4.74 Å². The van der Waals surface area contributed by atoms with E-state index >= 15 is 0 Å². The molecule has 1 aliphatic heterocycles. The van der Waals surface area contributed by atoms with E-state index in [9.17, 15) is 0 Å². The molecule has 4 aromatic rings. The average Bonchev–Trinajstić information content (AvgIpc) is 3.36. The van der Waals surface area contributed by atoms with Gasteiger partial charge in [-0.3, -0.25) is 4.90 Å². The first-order valence-corrected chi connectivity index (χ1v) is 12.3. The van der Waals surface area contributed by atoms with Crippen molar-refractivity contribution >= 4 is 23.2 Å². The van der Waals surface area contributed by atoms with Gasteiger partial charge < -0.3 is 4.74 Å². The maximum absolute atomic E-state index is 6.14. The van der Waals surface area contributed by atoms with Crippen LogP contribution in [-0.2, 0) is 13.2 Å². The van der Waals surface area contributed by atoms with Crippen LogP contribution in [0.25, 0.3) is 11.3 Å². The number of piperidine rings is 1. The van der Waals surface area contributed by atoms with E-state index in [1.165, 1.54) is 5.56 Å². The highest BCUT2D eigenvalue weighted by Gasteiger charge is 2.23. The normalized spacial score (nSPS) is 16.5. The van der Waals surface area contributed by atoms with Gasteiger partial charge in [0.2, 0.25) is 0 Å². The molecule has 0 amide bonds. The molecule has 7 heteroatoms. The number of hydrogen-bond donors (Lipinski definition) is 0. The zero-order chi connectivity index (χ0) is 23.3. The summed E-state index contributed by atoms with van der Waals surface area (Å²) in [5, 5.41) is 10.0. The molecule has 0 spiro atoms. The van der Waals surface area contributed by atoms with E-state index < -0.39 is 0 Å². The molecular formula is C27H26Cl2N4O. The van der Waals surface area contributed by atoms with Crippen molar-refractivity contribution in [2.24, 2.45) is 0 Å². The van der Waals surface area contributed by atoms with Crippen LogP contribution in [0, 0.1) is 0 Å². The van der Waals surface area contributed by atoms with Crippen molar-refractivity contribution in [1.82, 2.24) is 19.9 Å². The summed E-state index contributed by atoms with van der Waals surface area (Å²) in [7, 11) is 0. The van der Waals surface area contributed by atoms with Crippen LogP contribution in [-0.4, -0.2) is 33.0 Å². The third-order valence-electron chi connectivity index (χ3n) is 6.16. The number of para-hydroxylation sites is 1. The summed E-state index contributed by atoms with van der Waals surface area (Å²) in [5.41, 5.74) is 4.03.